The van der Waals surface area contributed by atoms with Gasteiger partial charge in [-0.2, -0.15) is 0 Å². The third kappa shape index (κ3) is 4.97. The van der Waals surface area contributed by atoms with E-state index in [0.717, 1.165) is 11.1 Å². The SMILES string of the molecule is CC(=O)NCCNC(=O)Cc1ccccc1CN. The fraction of sp³-hybridized carbons (Fsp3) is 0.385. The van der Waals surface area contributed by atoms with Crippen molar-refractivity contribution in [2.75, 3.05) is 13.1 Å². The van der Waals surface area contributed by atoms with E-state index in [1.165, 1.54) is 6.92 Å². The summed E-state index contributed by atoms with van der Waals surface area (Å²) in [6.07, 6.45) is 0.313. The van der Waals surface area contributed by atoms with E-state index in [2.05, 4.69) is 10.6 Å². The van der Waals surface area contributed by atoms with E-state index >= 15 is 0 Å². The third-order valence-corrected chi connectivity index (χ3v) is 2.51. The van der Waals surface area contributed by atoms with Crippen molar-refractivity contribution in [2.45, 2.75) is 19.9 Å². The molecule has 5 heteroatoms. The average molecular weight is 249 g/mol. The largest absolute Gasteiger partial charge is 0.355 e. The fourth-order valence-electron chi connectivity index (χ4n) is 1.61. The standard InChI is InChI=1S/C13H19N3O2/c1-10(17)15-6-7-16-13(18)8-11-4-2-3-5-12(11)9-14/h2-5H,6-9,14H2,1H3,(H,15,17)(H,16,18). The Morgan fingerprint density at radius 1 is 1.11 bits per heavy atom. The molecule has 0 spiro atoms. The first-order chi connectivity index (χ1) is 8.63. The van der Waals surface area contributed by atoms with Gasteiger partial charge in [0.2, 0.25) is 11.8 Å². The highest BCUT2D eigenvalue weighted by atomic mass is 16.2. The van der Waals surface area contributed by atoms with Gasteiger partial charge < -0.3 is 16.4 Å². The second kappa shape index (κ2) is 7.45. The van der Waals surface area contributed by atoms with Gasteiger partial charge in [0, 0.05) is 26.6 Å². The van der Waals surface area contributed by atoms with Crippen LogP contribution in [0.25, 0.3) is 0 Å². The molecule has 0 saturated carbocycles. The van der Waals surface area contributed by atoms with Gasteiger partial charge in [0.15, 0.2) is 0 Å². The Morgan fingerprint density at radius 3 is 2.33 bits per heavy atom. The smallest absolute Gasteiger partial charge is 0.224 e. The molecule has 4 N–H and O–H groups in total. The summed E-state index contributed by atoms with van der Waals surface area (Å²) in [7, 11) is 0. The summed E-state index contributed by atoms with van der Waals surface area (Å²) >= 11 is 0. The zero-order valence-corrected chi connectivity index (χ0v) is 10.5. The van der Waals surface area contributed by atoms with Crippen molar-refractivity contribution in [3.63, 3.8) is 0 Å². The molecule has 0 bridgehead atoms. The number of benzene rings is 1. The summed E-state index contributed by atoms with van der Waals surface area (Å²) in [4.78, 5) is 22.3. The van der Waals surface area contributed by atoms with Gasteiger partial charge in [-0.1, -0.05) is 24.3 Å². The number of carbonyl (C=O) groups is 2. The molecule has 1 aromatic carbocycles. The Morgan fingerprint density at radius 2 is 1.72 bits per heavy atom. The molecule has 0 radical (unpaired) electrons. The maximum Gasteiger partial charge on any atom is 0.224 e. The summed E-state index contributed by atoms with van der Waals surface area (Å²) in [5.74, 6) is -0.168. The van der Waals surface area contributed by atoms with E-state index < -0.39 is 0 Å². The Kier molecular flexibility index (Phi) is 5.87. The lowest BCUT2D eigenvalue weighted by atomic mass is 10.0. The van der Waals surface area contributed by atoms with Gasteiger partial charge >= 0.3 is 0 Å². The first-order valence-electron chi connectivity index (χ1n) is 5.91. The van der Waals surface area contributed by atoms with Gasteiger partial charge in [-0.3, -0.25) is 9.59 Å². The van der Waals surface area contributed by atoms with Crippen LogP contribution in [-0.2, 0) is 22.6 Å². The molecule has 98 valence electrons. The van der Waals surface area contributed by atoms with Crippen LogP contribution in [0.1, 0.15) is 18.1 Å². The summed E-state index contributed by atoms with van der Waals surface area (Å²) in [5.41, 5.74) is 7.52. The molecular formula is C13H19N3O2. The predicted octanol–water partition coefficient (Wildman–Crippen LogP) is -0.0599. The monoisotopic (exact) mass is 249 g/mol. The number of nitrogens with one attached hydrogen (secondary N) is 2. The molecule has 0 aliphatic carbocycles. The Hall–Kier alpha value is -1.88. The van der Waals surface area contributed by atoms with Gasteiger partial charge in [0.05, 0.1) is 6.42 Å². The Balaban J connectivity index is 2.37. The number of nitrogens with two attached hydrogens (primary N) is 1. The van der Waals surface area contributed by atoms with E-state index in [0.29, 0.717) is 26.1 Å². The van der Waals surface area contributed by atoms with E-state index in [1.807, 2.05) is 24.3 Å². The second-order valence-corrected chi connectivity index (χ2v) is 3.98. The van der Waals surface area contributed by atoms with Crippen molar-refractivity contribution in [3.8, 4) is 0 Å². The molecular weight excluding hydrogens is 230 g/mol. The molecule has 2 amide bonds. The van der Waals surface area contributed by atoms with Gasteiger partial charge in [0.1, 0.15) is 0 Å². The molecule has 5 nitrogen and oxygen atoms in total. The van der Waals surface area contributed by atoms with Crippen molar-refractivity contribution in [1.29, 1.82) is 0 Å². The molecule has 0 atom stereocenters. The van der Waals surface area contributed by atoms with Crippen LogP contribution in [0, 0.1) is 0 Å². The minimum Gasteiger partial charge on any atom is -0.355 e. The van der Waals surface area contributed by atoms with Crippen LogP contribution in [0.15, 0.2) is 24.3 Å². The lowest BCUT2D eigenvalue weighted by molar-refractivity contribution is -0.121. The van der Waals surface area contributed by atoms with Crippen molar-refractivity contribution in [2.24, 2.45) is 5.73 Å². The molecule has 0 aliphatic rings. The molecule has 1 rings (SSSR count). The maximum absolute atomic E-state index is 11.7. The predicted molar refractivity (Wildman–Crippen MR) is 69.7 cm³/mol. The van der Waals surface area contributed by atoms with Crippen LogP contribution in [-0.4, -0.2) is 24.9 Å². The lowest BCUT2D eigenvalue weighted by Gasteiger charge is -2.08. The van der Waals surface area contributed by atoms with E-state index in [4.69, 9.17) is 5.73 Å². The third-order valence-electron chi connectivity index (χ3n) is 2.51. The zero-order valence-electron chi connectivity index (χ0n) is 10.5. The number of rotatable bonds is 6. The number of carbonyl (C=O) groups excluding carboxylic acids is 2. The quantitative estimate of drug-likeness (QED) is 0.618. The number of amides is 2. The van der Waals surface area contributed by atoms with Crippen molar-refractivity contribution >= 4 is 11.8 Å². The lowest BCUT2D eigenvalue weighted by Crippen LogP contribution is -2.34. The summed E-state index contributed by atoms with van der Waals surface area (Å²) in [6, 6.07) is 7.61. The molecule has 18 heavy (non-hydrogen) atoms. The van der Waals surface area contributed by atoms with Crippen molar-refractivity contribution < 1.29 is 9.59 Å². The summed E-state index contributed by atoms with van der Waals surface area (Å²) in [5, 5.41) is 5.36. The maximum atomic E-state index is 11.7. The topological polar surface area (TPSA) is 84.2 Å². The summed E-state index contributed by atoms with van der Waals surface area (Å²) in [6.45, 7) is 2.75. The Bertz CT molecular complexity index is 418. The van der Waals surface area contributed by atoms with E-state index in [9.17, 15) is 9.59 Å². The highest BCUT2D eigenvalue weighted by Crippen LogP contribution is 2.08. The highest BCUT2D eigenvalue weighted by Gasteiger charge is 2.06. The van der Waals surface area contributed by atoms with Crippen molar-refractivity contribution in [3.05, 3.63) is 35.4 Å². The fourth-order valence-corrected chi connectivity index (χ4v) is 1.61. The van der Waals surface area contributed by atoms with Crippen molar-refractivity contribution in [1.82, 2.24) is 10.6 Å². The highest BCUT2D eigenvalue weighted by molar-refractivity contribution is 5.79. The molecule has 1 aromatic rings. The van der Waals surface area contributed by atoms with Gasteiger partial charge in [-0.25, -0.2) is 0 Å². The van der Waals surface area contributed by atoms with Crippen LogP contribution in [0.5, 0.6) is 0 Å². The zero-order chi connectivity index (χ0) is 13.4. The normalized spacial score (nSPS) is 9.89. The molecule has 0 saturated heterocycles. The Labute approximate surface area is 107 Å². The minimum atomic E-state index is -0.0993. The molecule has 0 fully saturated rings. The van der Waals surface area contributed by atoms with Crippen LogP contribution in [0.3, 0.4) is 0 Å². The first-order valence-corrected chi connectivity index (χ1v) is 5.91. The van der Waals surface area contributed by atoms with E-state index in [-0.39, 0.29) is 11.8 Å². The number of hydrogen-bond acceptors (Lipinski definition) is 3. The summed E-state index contributed by atoms with van der Waals surface area (Å²) < 4.78 is 0. The van der Waals surface area contributed by atoms with Gasteiger partial charge in [-0.15, -0.1) is 0 Å². The molecule has 0 aromatic heterocycles. The van der Waals surface area contributed by atoms with Gasteiger partial charge in [0.25, 0.3) is 0 Å². The second-order valence-electron chi connectivity index (χ2n) is 3.98. The molecule has 0 aliphatic heterocycles. The minimum absolute atomic E-state index is 0.0683. The van der Waals surface area contributed by atoms with Gasteiger partial charge in [-0.05, 0) is 11.1 Å². The average Bonchev–Trinajstić information content (AvgIpc) is 2.35. The first kappa shape index (κ1) is 14.2. The van der Waals surface area contributed by atoms with E-state index in [1.54, 1.807) is 0 Å². The molecule has 0 heterocycles. The van der Waals surface area contributed by atoms with Crippen LogP contribution < -0.4 is 16.4 Å². The molecule has 0 unspecified atom stereocenters. The van der Waals surface area contributed by atoms with Crippen LogP contribution in [0.2, 0.25) is 0 Å². The number of hydrogen-bond donors (Lipinski definition) is 3. The van der Waals surface area contributed by atoms with Crippen LogP contribution in [0.4, 0.5) is 0 Å². The van der Waals surface area contributed by atoms with Crippen LogP contribution >= 0.6 is 0 Å².